The lowest BCUT2D eigenvalue weighted by Gasteiger charge is -2.27. The normalized spacial score (nSPS) is 16.1. The van der Waals surface area contributed by atoms with Gasteiger partial charge in [-0.15, -0.1) is 0 Å². The Balaban J connectivity index is 2.09. The standard InChI is InChI=1S/C14H19NO4/c16-12-6-5-10(7-13(12)17)8-15(9-14(18)19)11-3-1-2-4-11/h5-7,11,16-17H,1-4,8-9H2,(H,18,19). The van der Waals surface area contributed by atoms with E-state index in [9.17, 15) is 15.0 Å². The number of hydrogen-bond acceptors (Lipinski definition) is 4. The fourth-order valence-electron chi connectivity index (χ4n) is 2.66. The van der Waals surface area contributed by atoms with Gasteiger partial charge in [0.2, 0.25) is 0 Å². The zero-order chi connectivity index (χ0) is 13.8. The Bertz CT molecular complexity index is 455. The summed E-state index contributed by atoms with van der Waals surface area (Å²) in [6.07, 6.45) is 4.33. The minimum absolute atomic E-state index is 0.00625. The zero-order valence-electron chi connectivity index (χ0n) is 10.7. The molecule has 104 valence electrons. The summed E-state index contributed by atoms with van der Waals surface area (Å²) >= 11 is 0. The maximum atomic E-state index is 10.9. The number of phenols is 2. The Morgan fingerprint density at radius 3 is 2.47 bits per heavy atom. The van der Waals surface area contributed by atoms with Gasteiger partial charge in [0.05, 0.1) is 6.54 Å². The van der Waals surface area contributed by atoms with E-state index in [1.165, 1.54) is 12.1 Å². The molecule has 0 atom stereocenters. The molecule has 0 unspecified atom stereocenters. The van der Waals surface area contributed by atoms with Gasteiger partial charge in [0, 0.05) is 12.6 Å². The minimum atomic E-state index is -0.838. The highest BCUT2D eigenvalue weighted by Gasteiger charge is 2.24. The van der Waals surface area contributed by atoms with Crippen LogP contribution in [0.3, 0.4) is 0 Å². The van der Waals surface area contributed by atoms with Crippen molar-refractivity contribution in [2.75, 3.05) is 6.54 Å². The first-order valence-electron chi connectivity index (χ1n) is 6.53. The highest BCUT2D eigenvalue weighted by atomic mass is 16.4. The van der Waals surface area contributed by atoms with Crippen molar-refractivity contribution in [1.29, 1.82) is 0 Å². The monoisotopic (exact) mass is 265 g/mol. The number of aliphatic carboxylic acids is 1. The van der Waals surface area contributed by atoms with E-state index in [1.807, 2.05) is 4.90 Å². The average molecular weight is 265 g/mol. The van der Waals surface area contributed by atoms with Gasteiger partial charge < -0.3 is 15.3 Å². The number of benzene rings is 1. The molecule has 1 fully saturated rings. The van der Waals surface area contributed by atoms with Crippen molar-refractivity contribution in [2.24, 2.45) is 0 Å². The van der Waals surface area contributed by atoms with Crippen molar-refractivity contribution < 1.29 is 20.1 Å². The molecule has 1 aliphatic rings. The third-order valence-corrected chi connectivity index (χ3v) is 3.60. The molecular formula is C14H19NO4. The predicted octanol–water partition coefficient (Wildman–Crippen LogP) is 1.93. The highest BCUT2D eigenvalue weighted by Crippen LogP contribution is 2.28. The molecule has 0 amide bonds. The lowest BCUT2D eigenvalue weighted by molar-refractivity contribution is -0.139. The predicted molar refractivity (Wildman–Crippen MR) is 70.1 cm³/mol. The van der Waals surface area contributed by atoms with Crippen molar-refractivity contribution in [3.05, 3.63) is 23.8 Å². The summed E-state index contributed by atoms with van der Waals surface area (Å²) in [5, 5.41) is 27.7. The number of carboxylic acids is 1. The van der Waals surface area contributed by atoms with Gasteiger partial charge in [-0.2, -0.15) is 0 Å². The quantitative estimate of drug-likeness (QED) is 0.709. The van der Waals surface area contributed by atoms with Crippen LogP contribution in [0.15, 0.2) is 18.2 Å². The van der Waals surface area contributed by atoms with E-state index in [-0.39, 0.29) is 18.0 Å². The molecule has 1 aromatic rings. The lowest BCUT2D eigenvalue weighted by Crippen LogP contribution is -2.36. The summed E-state index contributed by atoms with van der Waals surface area (Å²) in [5.41, 5.74) is 0.809. The zero-order valence-corrected chi connectivity index (χ0v) is 10.7. The molecule has 0 heterocycles. The van der Waals surface area contributed by atoms with Crippen LogP contribution in [-0.2, 0) is 11.3 Å². The number of hydrogen-bond donors (Lipinski definition) is 3. The van der Waals surface area contributed by atoms with E-state index in [4.69, 9.17) is 5.11 Å². The molecule has 0 aromatic heterocycles. The second-order valence-corrected chi connectivity index (χ2v) is 5.06. The van der Waals surface area contributed by atoms with Gasteiger partial charge in [-0.1, -0.05) is 18.9 Å². The van der Waals surface area contributed by atoms with Crippen LogP contribution < -0.4 is 0 Å². The molecule has 1 aliphatic carbocycles. The summed E-state index contributed by atoms with van der Waals surface area (Å²) in [5.74, 6) is -1.16. The van der Waals surface area contributed by atoms with Gasteiger partial charge in [-0.3, -0.25) is 9.69 Å². The minimum Gasteiger partial charge on any atom is -0.504 e. The van der Waals surface area contributed by atoms with E-state index < -0.39 is 5.97 Å². The van der Waals surface area contributed by atoms with Crippen LogP contribution in [0.4, 0.5) is 0 Å². The third kappa shape index (κ3) is 3.61. The lowest BCUT2D eigenvalue weighted by atomic mass is 10.1. The molecule has 1 saturated carbocycles. The largest absolute Gasteiger partial charge is 0.504 e. The number of rotatable bonds is 5. The summed E-state index contributed by atoms with van der Waals surface area (Å²) < 4.78 is 0. The molecule has 0 aliphatic heterocycles. The van der Waals surface area contributed by atoms with Crippen LogP contribution in [0.5, 0.6) is 11.5 Å². The Morgan fingerprint density at radius 2 is 1.89 bits per heavy atom. The first kappa shape index (κ1) is 13.7. The molecule has 5 heteroatoms. The Hall–Kier alpha value is -1.75. The van der Waals surface area contributed by atoms with Crippen LogP contribution in [0.2, 0.25) is 0 Å². The summed E-state index contributed by atoms with van der Waals surface area (Å²) in [6, 6.07) is 4.92. The first-order chi connectivity index (χ1) is 9.06. The number of carbonyl (C=O) groups is 1. The van der Waals surface area contributed by atoms with E-state index in [1.54, 1.807) is 6.07 Å². The molecule has 1 aromatic carbocycles. The van der Waals surface area contributed by atoms with Gasteiger partial charge in [0.25, 0.3) is 0 Å². The fourth-order valence-corrected chi connectivity index (χ4v) is 2.66. The average Bonchev–Trinajstić information content (AvgIpc) is 2.86. The maximum absolute atomic E-state index is 10.9. The number of carboxylic acid groups (broad SMARTS) is 1. The molecule has 0 bridgehead atoms. The second kappa shape index (κ2) is 5.93. The molecule has 3 N–H and O–H groups in total. The van der Waals surface area contributed by atoms with Crippen LogP contribution in [-0.4, -0.2) is 38.8 Å². The van der Waals surface area contributed by atoms with Gasteiger partial charge in [-0.05, 0) is 30.5 Å². The summed E-state index contributed by atoms with van der Waals surface area (Å²) in [6.45, 7) is 0.483. The molecule has 2 rings (SSSR count). The third-order valence-electron chi connectivity index (χ3n) is 3.60. The van der Waals surface area contributed by atoms with Crippen molar-refractivity contribution in [3.8, 4) is 11.5 Å². The molecule has 5 nitrogen and oxygen atoms in total. The molecule has 0 saturated heterocycles. The SMILES string of the molecule is O=C(O)CN(Cc1ccc(O)c(O)c1)C1CCCC1. The maximum Gasteiger partial charge on any atom is 0.317 e. The van der Waals surface area contributed by atoms with Crippen molar-refractivity contribution in [1.82, 2.24) is 4.90 Å². The number of nitrogens with zero attached hydrogens (tertiary/aromatic N) is 1. The van der Waals surface area contributed by atoms with Crippen LogP contribution >= 0.6 is 0 Å². The van der Waals surface area contributed by atoms with Gasteiger partial charge in [-0.25, -0.2) is 0 Å². The van der Waals surface area contributed by atoms with E-state index in [0.717, 1.165) is 31.2 Å². The van der Waals surface area contributed by atoms with Crippen molar-refractivity contribution in [3.63, 3.8) is 0 Å². The first-order valence-corrected chi connectivity index (χ1v) is 6.53. The van der Waals surface area contributed by atoms with Gasteiger partial charge in [0.1, 0.15) is 0 Å². The molecule has 0 spiro atoms. The Morgan fingerprint density at radius 1 is 1.21 bits per heavy atom. The number of aromatic hydroxyl groups is 2. The van der Waals surface area contributed by atoms with E-state index >= 15 is 0 Å². The fraction of sp³-hybridized carbons (Fsp3) is 0.500. The summed E-state index contributed by atoms with van der Waals surface area (Å²) in [4.78, 5) is 12.9. The van der Waals surface area contributed by atoms with Crippen molar-refractivity contribution in [2.45, 2.75) is 38.3 Å². The van der Waals surface area contributed by atoms with E-state index in [2.05, 4.69) is 0 Å². The second-order valence-electron chi connectivity index (χ2n) is 5.06. The van der Waals surface area contributed by atoms with Crippen LogP contribution in [0.25, 0.3) is 0 Å². The topological polar surface area (TPSA) is 81.0 Å². The van der Waals surface area contributed by atoms with Crippen LogP contribution in [0, 0.1) is 0 Å². The van der Waals surface area contributed by atoms with Crippen molar-refractivity contribution >= 4 is 5.97 Å². The van der Waals surface area contributed by atoms with Gasteiger partial charge in [0.15, 0.2) is 11.5 Å². The molecular weight excluding hydrogens is 246 g/mol. The smallest absolute Gasteiger partial charge is 0.317 e. The van der Waals surface area contributed by atoms with E-state index in [0.29, 0.717) is 12.6 Å². The Labute approximate surface area is 112 Å². The van der Waals surface area contributed by atoms with Gasteiger partial charge >= 0.3 is 5.97 Å². The molecule has 19 heavy (non-hydrogen) atoms. The number of phenolic OH excluding ortho intramolecular Hbond substituents is 2. The summed E-state index contributed by atoms with van der Waals surface area (Å²) in [7, 11) is 0. The highest BCUT2D eigenvalue weighted by molar-refractivity contribution is 5.69. The Kier molecular flexibility index (Phi) is 4.27. The van der Waals surface area contributed by atoms with Crippen LogP contribution in [0.1, 0.15) is 31.2 Å². The molecule has 0 radical (unpaired) electrons.